The number of amides is 1. The molecule has 3 rings (SSSR count). The molecule has 23 heavy (non-hydrogen) atoms. The SMILES string of the molecule is Cn1c(=O)[nH]c2cc(C(=O)NCC(C)(O)c3cccs3)ccc21. The molecule has 0 radical (unpaired) electrons. The summed E-state index contributed by atoms with van der Waals surface area (Å²) in [6.45, 7) is 1.77. The van der Waals surface area contributed by atoms with Crippen molar-refractivity contribution in [1.29, 1.82) is 0 Å². The standard InChI is InChI=1S/C16H17N3O3S/c1-16(22,13-4-3-7-23-13)9-17-14(20)10-5-6-12-11(8-10)18-15(21)19(12)2/h3-8,22H,9H2,1-2H3,(H,17,20)(H,18,21). The molecule has 0 aliphatic rings. The number of hydrogen-bond donors (Lipinski definition) is 3. The van der Waals surface area contributed by atoms with E-state index in [1.54, 1.807) is 32.2 Å². The highest BCUT2D eigenvalue weighted by atomic mass is 32.1. The highest BCUT2D eigenvalue weighted by molar-refractivity contribution is 7.10. The Hall–Kier alpha value is -2.38. The molecule has 2 heterocycles. The molecule has 0 saturated heterocycles. The molecule has 6 nitrogen and oxygen atoms in total. The van der Waals surface area contributed by atoms with E-state index < -0.39 is 5.60 Å². The first kappa shape index (κ1) is 15.5. The number of nitrogens with one attached hydrogen (secondary N) is 2. The largest absolute Gasteiger partial charge is 0.383 e. The maximum atomic E-state index is 12.3. The molecule has 3 aromatic rings. The molecule has 1 amide bonds. The second-order valence-corrected chi connectivity index (χ2v) is 6.60. The van der Waals surface area contributed by atoms with Crippen LogP contribution in [0, 0.1) is 0 Å². The molecule has 0 aliphatic heterocycles. The molecule has 0 spiro atoms. The lowest BCUT2D eigenvalue weighted by Crippen LogP contribution is -2.38. The van der Waals surface area contributed by atoms with Crippen molar-refractivity contribution in [2.75, 3.05) is 6.54 Å². The van der Waals surface area contributed by atoms with Crippen molar-refractivity contribution >= 4 is 28.3 Å². The van der Waals surface area contributed by atoms with Crippen LogP contribution in [0.4, 0.5) is 0 Å². The van der Waals surface area contributed by atoms with Crippen LogP contribution in [-0.4, -0.2) is 27.1 Å². The summed E-state index contributed by atoms with van der Waals surface area (Å²) in [5.74, 6) is -0.298. The van der Waals surface area contributed by atoms with Crippen LogP contribution in [0.1, 0.15) is 22.2 Å². The third kappa shape index (κ3) is 2.93. The maximum Gasteiger partial charge on any atom is 0.326 e. The van der Waals surface area contributed by atoms with Crippen molar-refractivity contribution in [1.82, 2.24) is 14.9 Å². The number of fused-ring (bicyclic) bond motifs is 1. The summed E-state index contributed by atoms with van der Waals surface area (Å²) < 4.78 is 1.48. The predicted octanol–water partition coefficient (Wildman–Crippen LogP) is 1.57. The average molecular weight is 331 g/mol. The first-order valence-corrected chi connectivity index (χ1v) is 8.00. The molecule has 7 heteroatoms. The zero-order chi connectivity index (χ0) is 16.6. The van der Waals surface area contributed by atoms with Gasteiger partial charge in [0.15, 0.2) is 0 Å². The first-order chi connectivity index (χ1) is 10.9. The number of hydrogen-bond acceptors (Lipinski definition) is 4. The minimum absolute atomic E-state index is 0.107. The monoisotopic (exact) mass is 331 g/mol. The van der Waals surface area contributed by atoms with Gasteiger partial charge in [-0.2, -0.15) is 0 Å². The third-order valence-electron chi connectivity index (χ3n) is 3.81. The van der Waals surface area contributed by atoms with Gasteiger partial charge in [-0.25, -0.2) is 4.79 Å². The van der Waals surface area contributed by atoms with Gasteiger partial charge in [-0.3, -0.25) is 9.36 Å². The van der Waals surface area contributed by atoms with E-state index in [2.05, 4.69) is 10.3 Å². The van der Waals surface area contributed by atoms with E-state index in [0.717, 1.165) is 10.4 Å². The van der Waals surface area contributed by atoms with Gasteiger partial charge >= 0.3 is 5.69 Å². The summed E-state index contributed by atoms with van der Waals surface area (Å²) in [4.78, 5) is 27.4. The summed E-state index contributed by atoms with van der Waals surface area (Å²) in [6, 6.07) is 8.70. The second kappa shape index (κ2) is 5.68. The molecular weight excluding hydrogens is 314 g/mol. The Balaban J connectivity index is 1.77. The maximum absolute atomic E-state index is 12.3. The number of nitrogens with zero attached hydrogens (tertiary/aromatic N) is 1. The first-order valence-electron chi connectivity index (χ1n) is 7.12. The van der Waals surface area contributed by atoms with E-state index in [-0.39, 0.29) is 18.1 Å². The van der Waals surface area contributed by atoms with Crippen LogP contribution in [-0.2, 0) is 12.6 Å². The highest BCUT2D eigenvalue weighted by Gasteiger charge is 2.25. The average Bonchev–Trinajstić information content (AvgIpc) is 3.15. The fourth-order valence-electron chi connectivity index (χ4n) is 2.40. The van der Waals surface area contributed by atoms with Crippen molar-refractivity contribution in [3.63, 3.8) is 0 Å². The molecule has 1 atom stereocenters. The number of H-pyrrole nitrogens is 1. The normalized spacial score (nSPS) is 13.9. The number of imidazole rings is 1. The predicted molar refractivity (Wildman–Crippen MR) is 89.8 cm³/mol. The smallest absolute Gasteiger partial charge is 0.326 e. The number of aryl methyl sites for hydroxylation is 1. The Labute approximate surface area is 136 Å². The number of benzene rings is 1. The van der Waals surface area contributed by atoms with Crippen LogP contribution < -0.4 is 11.0 Å². The zero-order valence-corrected chi connectivity index (χ0v) is 13.6. The Kier molecular flexibility index (Phi) is 3.83. The molecule has 0 aliphatic carbocycles. The number of aromatic amines is 1. The molecule has 0 fully saturated rings. The number of thiophene rings is 1. The summed E-state index contributed by atoms with van der Waals surface area (Å²) in [5, 5.41) is 15.0. The second-order valence-electron chi connectivity index (χ2n) is 5.65. The summed E-state index contributed by atoms with van der Waals surface area (Å²) >= 11 is 1.44. The van der Waals surface area contributed by atoms with Gasteiger partial charge in [0.2, 0.25) is 0 Å². The summed E-state index contributed by atoms with van der Waals surface area (Å²) in [6.07, 6.45) is 0. The summed E-state index contributed by atoms with van der Waals surface area (Å²) in [7, 11) is 1.67. The Morgan fingerprint density at radius 2 is 2.22 bits per heavy atom. The fraction of sp³-hybridized carbons (Fsp3) is 0.250. The van der Waals surface area contributed by atoms with E-state index in [1.807, 2.05) is 17.5 Å². The number of aromatic nitrogens is 2. The zero-order valence-electron chi connectivity index (χ0n) is 12.8. The van der Waals surface area contributed by atoms with Crippen molar-refractivity contribution in [2.45, 2.75) is 12.5 Å². The van der Waals surface area contributed by atoms with Gasteiger partial charge < -0.3 is 15.4 Å². The minimum atomic E-state index is -1.12. The number of aliphatic hydroxyl groups is 1. The highest BCUT2D eigenvalue weighted by Crippen LogP contribution is 2.24. The van der Waals surface area contributed by atoms with E-state index in [9.17, 15) is 14.7 Å². The molecule has 1 unspecified atom stereocenters. The Bertz CT molecular complexity index is 906. The molecule has 2 aromatic heterocycles. The number of rotatable bonds is 4. The quantitative estimate of drug-likeness (QED) is 0.678. The topological polar surface area (TPSA) is 87.1 Å². The van der Waals surface area contributed by atoms with Crippen LogP contribution in [0.2, 0.25) is 0 Å². The molecule has 120 valence electrons. The van der Waals surface area contributed by atoms with Crippen molar-refractivity contribution < 1.29 is 9.90 Å². The van der Waals surface area contributed by atoms with Gasteiger partial charge in [0.05, 0.1) is 17.6 Å². The van der Waals surface area contributed by atoms with Crippen LogP contribution in [0.3, 0.4) is 0 Å². The van der Waals surface area contributed by atoms with Gasteiger partial charge in [0.25, 0.3) is 5.91 Å². The van der Waals surface area contributed by atoms with Gasteiger partial charge in [-0.05, 0) is 36.6 Å². The van der Waals surface area contributed by atoms with Crippen molar-refractivity contribution in [3.8, 4) is 0 Å². The Morgan fingerprint density at radius 3 is 2.91 bits per heavy atom. The molecule has 1 aromatic carbocycles. The van der Waals surface area contributed by atoms with Crippen LogP contribution in [0.15, 0.2) is 40.5 Å². The van der Waals surface area contributed by atoms with Gasteiger partial charge in [-0.1, -0.05) is 6.07 Å². The van der Waals surface area contributed by atoms with Crippen molar-refractivity contribution in [3.05, 3.63) is 56.6 Å². The lowest BCUT2D eigenvalue weighted by atomic mass is 10.0. The number of carbonyl (C=O) groups is 1. The number of carbonyl (C=O) groups excluding carboxylic acids is 1. The van der Waals surface area contributed by atoms with E-state index in [1.165, 1.54) is 15.9 Å². The van der Waals surface area contributed by atoms with Crippen LogP contribution >= 0.6 is 11.3 Å². The van der Waals surface area contributed by atoms with Gasteiger partial charge in [-0.15, -0.1) is 11.3 Å². The fourth-order valence-corrected chi connectivity index (χ4v) is 3.19. The van der Waals surface area contributed by atoms with Gasteiger partial charge in [0, 0.05) is 17.5 Å². The minimum Gasteiger partial charge on any atom is -0.383 e. The molecular formula is C16H17N3O3S. The summed E-state index contributed by atoms with van der Waals surface area (Å²) in [5.41, 5.74) is 0.432. The lowest BCUT2D eigenvalue weighted by Gasteiger charge is -2.22. The van der Waals surface area contributed by atoms with E-state index >= 15 is 0 Å². The molecule has 3 N–H and O–H groups in total. The molecule has 0 saturated carbocycles. The third-order valence-corrected chi connectivity index (χ3v) is 4.93. The van der Waals surface area contributed by atoms with Gasteiger partial charge in [0.1, 0.15) is 5.60 Å². The van der Waals surface area contributed by atoms with Crippen molar-refractivity contribution in [2.24, 2.45) is 7.05 Å². The van der Waals surface area contributed by atoms with Crippen LogP contribution in [0.5, 0.6) is 0 Å². The van der Waals surface area contributed by atoms with E-state index in [0.29, 0.717) is 11.1 Å². The lowest BCUT2D eigenvalue weighted by molar-refractivity contribution is 0.0557. The van der Waals surface area contributed by atoms with Crippen LogP contribution in [0.25, 0.3) is 11.0 Å². The molecule has 0 bridgehead atoms. The van der Waals surface area contributed by atoms with E-state index in [4.69, 9.17) is 0 Å². The Morgan fingerprint density at radius 1 is 1.43 bits per heavy atom.